The average Bonchev–Trinajstić information content (AvgIpc) is 3.15. The van der Waals surface area contributed by atoms with Crippen molar-refractivity contribution >= 4 is 35.1 Å². The van der Waals surface area contributed by atoms with Crippen LogP contribution < -0.4 is 11.1 Å². The number of nitrogens with one attached hydrogen (secondary N) is 1. The van der Waals surface area contributed by atoms with Gasteiger partial charge in [0.1, 0.15) is 0 Å². The van der Waals surface area contributed by atoms with E-state index in [1.807, 2.05) is 13.8 Å². The van der Waals surface area contributed by atoms with Crippen LogP contribution in [0.2, 0.25) is 5.02 Å². The van der Waals surface area contributed by atoms with E-state index in [-0.39, 0.29) is 42.0 Å². The molecule has 2 aromatic rings. The molecule has 170 valence electrons. The van der Waals surface area contributed by atoms with E-state index in [4.69, 9.17) is 27.1 Å². The van der Waals surface area contributed by atoms with Crippen molar-refractivity contribution < 1.29 is 14.3 Å². The Kier molecular flexibility index (Phi) is 5.96. The third-order valence-corrected chi connectivity index (χ3v) is 6.38. The van der Waals surface area contributed by atoms with E-state index in [0.717, 1.165) is 6.42 Å². The molecule has 2 aliphatic heterocycles. The van der Waals surface area contributed by atoms with Gasteiger partial charge in [-0.3, -0.25) is 19.2 Å². The number of benzene rings is 1. The van der Waals surface area contributed by atoms with E-state index in [0.29, 0.717) is 29.3 Å². The van der Waals surface area contributed by atoms with Crippen molar-refractivity contribution in [3.05, 3.63) is 46.7 Å². The van der Waals surface area contributed by atoms with Crippen LogP contribution >= 0.6 is 11.6 Å². The number of nitrogens with two attached hydrogens (primary N) is 1. The fourth-order valence-corrected chi connectivity index (χ4v) is 4.75. The first-order valence-electron chi connectivity index (χ1n) is 10.6. The Morgan fingerprint density at radius 2 is 2.16 bits per heavy atom. The number of hydrogen-bond donors (Lipinski definition) is 2. The van der Waals surface area contributed by atoms with Gasteiger partial charge in [0.15, 0.2) is 11.7 Å². The van der Waals surface area contributed by atoms with Gasteiger partial charge >= 0.3 is 0 Å². The molecule has 32 heavy (non-hydrogen) atoms. The Morgan fingerprint density at radius 3 is 2.81 bits per heavy atom. The summed E-state index contributed by atoms with van der Waals surface area (Å²) in [5, 5.41) is 7.21. The molecule has 10 heteroatoms. The normalized spacial score (nSPS) is 26.1. The number of aryl methyl sites for hydroxylation is 1. The van der Waals surface area contributed by atoms with Gasteiger partial charge in [-0.2, -0.15) is 5.10 Å². The predicted octanol–water partition coefficient (Wildman–Crippen LogP) is 2.66. The van der Waals surface area contributed by atoms with Crippen LogP contribution in [0.4, 0.5) is 5.69 Å². The van der Waals surface area contributed by atoms with Gasteiger partial charge in [-0.1, -0.05) is 23.7 Å². The number of amides is 2. The molecule has 0 bridgehead atoms. The van der Waals surface area contributed by atoms with Crippen molar-refractivity contribution in [3.8, 4) is 0 Å². The van der Waals surface area contributed by atoms with Crippen LogP contribution in [0.5, 0.6) is 0 Å². The first-order chi connectivity index (χ1) is 15.2. The lowest BCUT2D eigenvalue weighted by molar-refractivity contribution is -0.133. The fourth-order valence-electron chi connectivity index (χ4n) is 4.38. The number of aliphatic imine (C=N–C) groups is 1. The SMILES string of the molecule is C[C@@H]1C[C@H](N2C(=O)C[C@@](C)(c3cccc(NC(=O)c4ccn(C)n4)c3Cl)N=C2N)CCO1. The zero-order chi connectivity index (χ0) is 23.0. The number of carbonyl (C=O) groups is 2. The van der Waals surface area contributed by atoms with Gasteiger partial charge in [0.25, 0.3) is 5.91 Å². The van der Waals surface area contributed by atoms with Crippen LogP contribution in [0.1, 0.15) is 49.2 Å². The minimum atomic E-state index is -0.947. The van der Waals surface area contributed by atoms with Gasteiger partial charge in [-0.15, -0.1) is 0 Å². The van der Waals surface area contributed by atoms with Gasteiger partial charge in [0.05, 0.1) is 28.8 Å². The summed E-state index contributed by atoms with van der Waals surface area (Å²) in [6.45, 7) is 4.40. The number of nitrogens with zero attached hydrogens (tertiary/aromatic N) is 4. The second-order valence-electron chi connectivity index (χ2n) is 8.54. The standard InChI is InChI=1S/C22H27ClN6O3/c1-13-11-14(8-10-32-13)29-18(30)12-22(2,26-21(29)24)15-5-4-6-16(19(15)23)25-20(31)17-7-9-28(3)27-17/h4-7,9,13-14H,8,10-12H2,1-3H3,(H2,24,26)(H,25,31)/t13-,14-,22+/m1/s1. The lowest BCUT2D eigenvalue weighted by Crippen LogP contribution is -2.56. The second-order valence-corrected chi connectivity index (χ2v) is 8.92. The number of aromatic nitrogens is 2. The molecule has 0 saturated carbocycles. The number of carbonyl (C=O) groups excluding carboxylic acids is 2. The number of ether oxygens (including phenoxy) is 1. The zero-order valence-corrected chi connectivity index (χ0v) is 19.1. The molecule has 0 spiro atoms. The Hall–Kier alpha value is -2.91. The van der Waals surface area contributed by atoms with Gasteiger partial charge < -0.3 is 15.8 Å². The Morgan fingerprint density at radius 1 is 1.38 bits per heavy atom. The average molecular weight is 459 g/mol. The van der Waals surface area contributed by atoms with Crippen LogP contribution in [0, 0.1) is 0 Å². The topological polar surface area (TPSA) is 115 Å². The molecule has 3 atom stereocenters. The molecule has 0 unspecified atom stereocenters. The molecule has 2 amide bonds. The first kappa shape index (κ1) is 22.3. The van der Waals surface area contributed by atoms with Crippen molar-refractivity contribution in [1.82, 2.24) is 14.7 Å². The highest BCUT2D eigenvalue weighted by Gasteiger charge is 2.42. The number of halogens is 1. The zero-order valence-electron chi connectivity index (χ0n) is 18.3. The van der Waals surface area contributed by atoms with E-state index in [1.165, 1.54) is 0 Å². The van der Waals surface area contributed by atoms with Crippen LogP contribution in [-0.2, 0) is 22.1 Å². The minimum absolute atomic E-state index is 0.0287. The van der Waals surface area contributed by atoms with E-state index in [1.54, 1.807) is 47.1 Å². The number of anilines is 1. The smallest absolute Gasteiger partial charge is 0.276 e. The van der Waals surface area contributed by atoms with E-state index in [2.05, 4.69) is 10.4 Å². The molecule has 4 rings (SSSR count). The predicted molar refractivity (Wildman–Crippen MR) is 121 cm³/mol. The van der Waals surface area contributed by atoms with Crippen molar-refractivity contribution in [2.75, 3.05) is 11.9 Å². The summed E-state index contributed by atoms with van der Waals surface area (Å²) in [4.78, 5) is 32.0. The van der Waals surface area contributed by atoms with Gasteiger partial charge in [-0.25, -0.2) is 4.99 Å². The molecular weight excluding hydrogens is 432 g/mol. The van der Waals surface area contributed by atoms with E-state index >= 15 is 0 Å². The van der Waals surface area contributed by atoms with Gasteiger partial charge in [0.2, 0.25) is 5.91 Å². The van der Waals surface area contributed by atoms with E-state index in [9.17, 15) is 9.59 Å². The maximum absolute atomic E-state index is 13.2. The number of guanidine groups is 1. The summed E-state index contributed by atoms with van der Waals surface area (Å²) in [5.41, 5.74) is 6.66. The molecule has 1 saturated heterocycles. The highest BCUT2D eigenvalue weighted by atomic mass is 35.5. The molecular formula is C22H27ClN6O3. The highest BCUT2D eigenvalue weighted by molar-refractivity contribution is 6.34. The summed E-state index contributed by atoms with van der Waals surface area (Å²) in [5.74, 6) is -0.294. The Labute approximate surface area is 191 Å². The highest BCUT2D eigenvalue weighted by Crippen LogP contribution is 2.41. The Bertz CT molecular complexity index is 1080. The molecule has 0 aliphatic carbocycles. The summed E-state index contributed by atoms with van der Waals surface area (Å²) >= 11 is 6.68. The largest absolute Gasteiger partial charge is 0.378 e. The molecule has 1 fully saturated rings. The monoisotopic (exact) mass is 458 g/mol. The molecule has 3 heterocycles. The molecule has 1 aromatic carbocycles. The van der Waals surface area contributed by atoms with Crippen molar-refractivity contribution in [2.24, 2.45) is 17.8 Å². The van der Waals surface area contributed by atoms with Crippen molar-refractivity contribution in [2.45, 2.75) is 50.8 Å². The lowest BCUT2D eigenvalue weighted by Gasteiger charge is -2.41. The van der Waals surface area contributed by atoms with E-state index < -0.39 is 5.54 Å². The fraction of sp³-hybridized carbons (Fsp3) is 0.455. The maximum atomic E-state index is 13.2. The van der Waals surface area contributed by atoms with Crippen LogP contribution in [0.25, 0.3) is 0 Å². The molecule has 1 aromatic heterocycles. The third kappa shape index (κ3) is 4.22. The van der Waals surface area contributed by atoms with Crippen LogP contribution in [-0.4, -0.2) is 51.2 Å². The first-order valence-corrected chi connectivity index (χ1v) is 10.9. The Balaban J connectivity index is 1.61. The number of rotatable bonds is 4. The quantitative estimate of drug-likeness (QED) is 0.730. The van der Waals surface area contributed by atoms with Crippen LogP contribution in [0.3, 0.4) is 0 Å². The van der Waals surface area contributed by atoms with Gasteiger partial charge in [-0.05, 0) is 38.8 Å². The van der Waals surface area contributed by atoms with Gasteiger partial charge in [0, 0.05) is 31.5 Å². The number of hydrogen-bond acceptors (Lipinski definition) is 6. The molecule has 0 radical (unpaired) electrons. The second kappa shape index (κ2) is 8.55. The third-order valence-electron chi connectivity index (χ3n) is 5.97. The van der Waals surface area contributed by atoms with Crippen molar-refractivity contribution in [1.29, 1.82) is 0 Å². The summed E-state index contributed by atoms with van der Waals surface area (Å²) in [6.07, 6.45) is 3.31. The molecule has 9 nitrogen and oxygen atoms in total. The lowest BCUT2D eigenvalue weighted by atomic mass is 9.86. The maximum Gasteiger partial charge on any atom is 0.276 e. The summed E-state index contributed by atoms with van der Waals surface area (Å²) < 4.78 is 7.14. The van der Waals surface area contributed by atoms with Crippen LogP contribution in [0.15, 0.2) is 35.5 Å². The molecule has 2 aliphatic rings. The molecule has 3 N–H and O–H groups in total. The van der Waals surface area contributed by atoms with Crippen molar-refractivity contribution in [3.63, 3.8) is 0 Å². The summed E-state index contributed by atoms with van der Waals surface area (Å²) in [6, 6.07) is 6.85. The summed E-state index contributed by atoms with van der Waals surface area (Å²) in [7, 11) is 1.73. The minimum Gasteiger partial charge on any atom is -0.378 e.